The predicted octanol–water partition coefficient (Wildman–Crippen LogP) is -1.35. The van der Waals surface area contributed by atoms with E-state index in [1.54, 1.807) is 6.92 Å². The molecule has 0 aromatic carbocycles. The summed E-state index contributed by atoms with van der Waals surface area (Å²) in [7, 11) is -3.12. The Kier molecular flexibility index (Phi) is 4.41. The minimum absolute atomic E-state index is 0.0601. The molecule has 1 heterocycles. The molecule has 8 nitrogen and oxygen atoms in total. The van der Waals surface area contributed by atoms with Gasteiger partial charge >= 0.3 is 12.0 Å². The molecule has 0 saturated carbocycles. The molecule has 1 fully saturated rings. The Labute approximate surface area is 111 Å². The van der Waals surface area contributed by atoms with Crippen molar-refractivity contribution >= 4 is 21.8 Å². The second-order valence-corrected chi connectivity index (χ2v) is 7.12. The van der Waals surface area contributed by atoms with E-state index < -0.39 is 40.0 Å². The summed E-state index contributed by atoms with van der Waals surface area (Å²) in [4.78, 5) is 23.8. The highest BCUT2D eigenvalue weighted by atomic mass is 32.2. The lowest BCUT2D eigenvalue weighted by Gasteiger charge is -2.33. The molecule has 3 N–H and O–H groups in total. The summed E-state index contributed by atoms with van der Waals surface area (Å²) in [6, 6.07) is -1.06. The molecule has 1 aliphatic heterocycles. The van der Waals surface area contributed by atoms with Crippen molar-refractivity contribution in [1.82, 2.24) is 10.2 Å². The fourth-order valence-electron chi connectivity index (χ4n) is 1.73. The Morgan fingerprint density at radius 2 is 2.05 bits per heavy atom. The van der Waals surface area contributed by atoms with Crippen molar-refractivity contribution in [3.05, 3.63) is 0 Å². The Morgan fingerprint density at radius 3 is 2.53 bits per heavy atom. The van der Waals surface area contributed by atoms with Gasteiger partial charge in [-0.05, 0) is 13.8 Å². The number of carbonyl (C=O) groups is 2. The largest absolute Gasteiger partial charge is 0.479 e. The van der Waals surface area contributed by atoms with Crippen LogP contribution in [0.15, 0.2) is 0 Å². The maximum absolute atomic E-state index is 11.8. The number of nitrogens with one attached hydrogen (secondary N) is 1. The molecule has 0 aliphatic carbocycles. The molecular weight excluding hydrogens is 276 g/mol. The lowest BCUT2D eigenvalue weighted by atomic mass is 10.1. The van der Waals surface area contributed by atoms with Gasteiger partial charge in [0, 0.05) is 12.6 Å². The van der Waals surface area contributed by atoms with Crippen molar-refractivity contribution in [2.75, 3.05) is 24.6 Å². The van der Waals surface area contributed by atoms with Gasteiger partial charge < -0.3 is 20.4 Å². The molecule has 0 bridgehead atoms. The molecular formula is C10H18N2O6S. The van der Waals surface area contributed by atoms with Gasteiger partial charge in [-0.3, -0.25) is 0 Å². The van der Waals surface area contributed by atoms with Crippen molar-refractivity contribution in [2.45, 2.75) is 25.5 Å². The van der Waals surface area contributed by atoms with Crippen LogP contribution in [0.1, 0.15) is 13.8 Å². The van der Waals surface area contributed by atoms with E-state index in [0.29, 0.717) is 0 Å². The van der Waals surface area contributed by atoms with Gasteiger partial charge in [0.25, 0.3) is 0 Å². The summed E-state index contributed by atoms with van der Waals surface area (Å²) in [5, 5.41) is 20.4. The molecule has 2 atom stereocenters. The highest BCUT2D eigenvalue weighted by molar-refractivity contribution is 7.91. The number of aliphatic carboxylic acids is 1. The van der Waals surface area contributed by atoms with Crippen LogP contribution in [0.3, 0.4) is 0 Å². The monoisotopic (exact) mass is 294 g/mol. The zero-order chi connectivity index (χ0) is 14.8. The van der Waals surface area contributed by atoms with Gasteiger partial charge in [-0.15, -0.1) is 0 Å². The van der Waals surface area contributed by atoms with Crippen molar-refractivity contribution in [3.63, 3.8) is 0 Å². The fraction of sp³-hybridized carbons (Fsp3) is 0.800. The predicted molar refractivity (Wildman–Crippen MR) is 66.5 cm³/mol. The van der Waals surface area contributed by atoms with Gasteiger partial charge in [0.2, 0.25) is 0 Å². The molecule has 1 saturated heterocycles. The quantitative estimate of drug-likeness (QED) is 0.591. The molecule has 0 aromatic rings. The van der Waals surface area contributed by atoms with Crippen LogP contribution in [0, 0.1) is 0 Å². The lowest BCUT2D eigenvalue weighted by molar-refractivity contribution is -0.155. The summed E-state index contributed by atoms with van der Waals surface area (Å²) in [6.45, 7) is 2.28. The summed E-state index contributed by atoms with van der Waals surface area (Å²) < 4.78 is 22.7. The van der Waals surface area contributed by atoms with Crippen LogP contribution >= 0.6 is 0 Å². The van der Waals surface area contributed by atoms with Crippen molar-refractivity contribution in [3.8, 4) is 0 Å². The summed E-state index contributed by atoms with van der Waals surface area (Å²) in [5.41, 5.74) is -2.05. The molecule has 0 aromatic heterocycles. The molecule has 1 aliphatic rings. The normalized spacial score (nSPS) is 25.4. The zero-order valence-electron chi connectivity index (χ0n) is 10.8. The van der Waals surface area contributed by atoms with Crippen LogP contribution in [0.2, 0.25) is 0 Å². The number of aliphatic hydroxyl groups is 1. The van der Waals surface area contributed by atoms with Crippen LogP contribution in [-0.2, 0) is 14.6 Å². The third kappa shape index (κ3) is 4.06. The van der Waals surface area contributed by atoms with Crippen LogP contribution in [-0.4, -0.2) is 71.8 Å². The average Bonchev–Trinajstić information content (AvgIpc) is 2.24. The molecule has 9 heteroatoms. The first-order valence-electron chi connectivity index (χ1n) is 5.76. The Hall–Kier alpha value is -1.35. The standard InChI is InChI=1S/C10H18N2O6S/c1-7-5-19(17,18)4-3-12(7)9(15)11-6-10(2,16)8(13)14/h7,16H,3-6H2,1-2H3,(H,11,15)(H,13,14). The van der Waals surface area contributed by atoms with E-state index in [2.05, 4.69) is 5.32 Å². The third-order valence-electron chi connectivity index (χ3n) is 2.98. The average molecular weight is 294 g/mol. The SMILES string of the molecule is CC1CS(=O)(=O)CCN1C(=O)NCC(C)(O)C(=O)O. The van der Waals surface area contributed by atoms with Gasteiger partial charge in [-0.1, -0.05) is 0 Å². The van der Waals surface area contributed by atoms with Crippen molar-refractivity contribution in [2.24, 2.45) is 0 Å². The molecule has 2 unspecified atom stereocenters. The number of sulfone groups is 1. The van der Waals surface area contributed by atoms with Crippen LogP contribution < -0.4 is 5.32 Å². The smallest absolute Gasteiger partial charge is 0.337 e. The van der Waals surface area contributed by atoms with Gasteiger partial charge in [0.05, 0.1) is 18.1 Å². The van der Waals surface area contributed by atoms with Crippen LogP contribution in [0.25, 0.3) is 0 Å². The van der Waals surface area contributed by atoms with E-state index in [9.17, 15) is 23.1 Å². The zero-order valence-corrected chi connectivity index (χ0v) is 11.6. The number of hydrogen-bond acceptors (Lipinski definition) is 5. The highest BCUT2D eigenvalue weighted by Gasteiger charge is 2.34. The van der Waals surface area contributed by atoms with Crippen molar-refractivity contribution in [1.29, 1.82) is 0 Å². The number of carbonyl (C=O) groups excluding carboxylic acids is 1. The minimum Gasteiger partial charge on any atom is -0.479 e. The van der Waals surface area contributed by atoms with Crippen LogP contribution in [0.5, 0.6) is 0 Å². The lowest BCUT2D eigenvalue weighted by Crippen LogP contribution is -2.56. The molecule has 0 spiro atoms. The molecule has 1 rings (SSSR count). The number of hydrogen-bond donors (Lipinski definition) is 3. The van der Waals surface area contributed by atoms with E-state index in [1.807, 2.05) is 0 Å². The molecule has 19 heavy (non-hydrogen) atoms. The Bertz CT molecular complexity index is 472. The number of carboxylic acids is 1. The van der Waals surface area contributed by atoms with Gasteiger partial charge in [0.1, 0.15) is 0 Å². The Balaban J connectivity index is 2.58. The van der Waals surface area contributed by atoms with E-state index in [0.717, 1.165) is 6.92 Å². The first-order chi connectivity index (χ1) is 8.55. The van der Waals surface area contributed by atoms with E-state index in [1.165, 1.54) is 4.90 Å². The number of carboxylic acid groups (broad SMARTS) is 1. The molecule has 0 radical (unpaired) electrons. The maximum Gasteiger partial charge on any atom is 0.337 e. The van der Waals surface area contributed by atoms with Crippen molar-refractivity contribution < 1.29 is 28.2 Å². The first-order valence-corrected chi connectivity index (χ1v) is 7.58. The first kappa shape index (κ1) is 15.7. The third-order valence-corrected chi connectivity index (χ3v) is 4.77. The van der Waals surface area contributed by atoms with Gasteiger partial charge in [-0.2, -0.15) is 0 Å². The number of amides is 2. The maximum atomic E-state index is 11.8. The molecule has 110 valence electrons. The van der Waals surface area contributed by atoms with E-state index in [-0.39, 0.29) is 18.1 Å². The fourth-order valence-corrected chi connectivity index (χ4v) is 3.28. The van der Waals surface area contributed by atoms with Crippen LogP contribution in [0.4, 0.5) is 4.79 Å². The number of rotatable bonds is 3. The van der Waals surface area contributed by atoms with Gasteiger partial charge in [-0.25, -0.2) is 18.0 Å². The van der Waals surface area contributed by atoms with Gasteiger partial charge in [0.15, 0.2) is 15.4 Å². The molecule has 2 amide bonds. The minimum atomic E-state index is -3.12. The highest BCUT2D eigenvalue weighted by Crippen LogP contribution is 2.11. The second-order valence-electron chi connectivity index (χ2n) is 4.89. The van der Waals surface area contributed by atoms with E-state index in [4.69, 9.17) is 5.11 Å². The Morgan fingerprint density at radius 1 is 1.47 bits per heavy atom. The summed E-state index contributed by atoms with van der Waals surface area (Å²) >= 11 is 0. The summed E-state index contributed by atoms with van der Waals surface area (Å²) in [6.07, 6.45) is 0. The topological polar surface area (TPSA) is 124 Å². The van der Waals surface area contributed by atoms with E-state index >= 15 is 0 Å². The number of urea groups is 1. The summed E-state index contributed by atoms with van der Waals surface area (Å²) in [5.74, 6) is -1.67. The second kappa shape index (κ2) is 5.33. The number of nitrogens with zero attached hydrogens (tertiary/aromatic N) is 1.